The summed E-state index contributed by atoms with van der Waals surface area (Å²) >= 11 is 17.1. The molecule has 132 valence electrons. The van der Waals surface area contributed by atoms with Crippen LogP contribution in [0.3, 0.4) is 0 Å². The summed E-state index contributed by atoms with van der Waals surface area (Å²) in [6, 6.07) is 5.41. The van der Waals surface area contributed by atoms with E-state index in [9.17, 15) is 4.79 Å². The summed E-state index contributed by atoms with van der Waals surface area (Å²) in [5.41, 5.74) is 1.66. The Morgan fingerprint density at radius 3 is 2.88 bits per heavy atom. The molecule has 1 unspecified atom stereocenters. The van der Waals surface area contributed by atoms with Crippen molar-refractivity contribution in [3.05, 3.63) is 46.3 Å². The number of carbonyl (C=O) groups is 1. The minimum atomic E-state index is -0.0176. The van der Waals surface area contributed by atoms with Crippen molar-refractivity contribution in [2.24, 2.45) is 0 Å². The Balaban J connectivity index is 1.84. The third-order valence-electron chi connectivity index (χ3n) is 3.61. The number of anilines is 1. The number of benzene rings is 1. The molecule has 8 heteroatoms. The van der Waals surface area contributed by atoms with Crippen molar-refractivity contribution in [1.82, 2.24) is 4.98 Å². The number of hydrogen-bond acceptors (Lipinski definition) is 5. The third kappa shape index (κ3) is 4.55. The van der Waals surface area contributed by atoms with Crippen LogP contribution < -0.4 is 4.90 Å². The minimum Gasteiger partial charge on any atom is -0.283 e. The molecule has 2 heterocycles. The molecule has 1 aromatic heterocycles. The Morgan fingerprint density at radius 1 is 1.36 bits per heavy atom. The summed E-state index contributed by atoms with van der Waals surface area (Å²) in [4.78, 5) is 19.3. The topological polar surface area (TPSA) is 33.2 Å². The van der Waals surface area contributed by atoms with E-state index in [4.69, 9.17) is 23.2 Å². The maximum atomic E-state index is 12.9. The number of carbonyl (C=O) groups excluding carboxylic acids is 1. The molecule has 0 N–H and O–H groups in total. The van der Waals surface area contributed by atoms with Crippen LogP contribution in [0.1, 0.15) is 0 Å². The summed E-state index contributed by atoms with van der Waals surface area (Å²) in [5, 5.41) is 3.60. The molecule has 1 fully saturated rings. The van der Waals surface area contributed by atoms with Crippen LogP contribution in [0.5, 0.6) is 0 Å². The smallest absolute Gasteiger partial charge is 0.243 e. The van der Waals surface area contributed by atoms with Crippen LogP contribution in [0.25, 0.3) is 11.3 Å². The van der Waals surface area contributed by atoms with Gasteiger partial charge in [-0.15, -0.1) is 29.7 Å². The minimum absolute atomic E-state index is 0.0176. The molecule has 1 aliphatic heterocycles. The highest BCUT2D eigenvalue weighted by molar-refractivity contribution is 8.07. The highest BCUT2D eigenvalue weighted by Gasteiger charge is 2.28. The largest absolute Gasteiger partial charge is 0.283 e. The number of aromatic nitrogens is 1. The quantitative estimate of drug-likeness (QED) is 0.587. The van der Waals surface area contributed by atoms with Crippen molar-refractivity contribution in [2.75, 3.05) is 28.7 Å². The van der Waals surface area contributed by atoms with Crippen molar-refractivity contribution in [3.8, 4) is 11.3 Å². The van der Waals surface area contributed by atoms with E-state index in [1.54, 1.807) is 34.9 Å². The van der Waals surface area contributed by atoms with Crippen molar-refractivity contribution in [3.63, 3.8) is 0 Å². The number of nitrogens with zero attached hydrogens (tertiary/aromatic N) is 2. The molecule has 0 aliphatic carbocycles. The van der Waals surface area contributed by atoms with Gasteiger partial charge in [0.2, 0.25) is 5.91 Å². The zero-order valence-corrected chi connectivity index (χ0v) is 17.2. The van der Waals surface area contributed by atoms with Crippen LogP contribution in [0, 0.1) is 0 Å². The highest BCUT2D eigenvalue weighted by atomic mass is 35.5. The lowest BCUT2D eigenvalue weighted by Crippen LogP contribution is -2.40. The normalized spacial score (nSPS) is 17.3. The maximum absolute atomic E-state index is 12.9. The Bertz CT molecular complexity index is 775. The Morgan fingerprint density at radius 2 is 2.20 bits per heavy atom. The van der Waals surface area contributed by atoms with Crippen LogP contribution in [-0.2, 0) is 4.79 Å². The molecule has 0 bridgehead atoms. The van der Waals surface area contributed by atoms with Crippen molar-refractivity contribution in [1.29, 1.82) is 0 Å². The van der Waals surface area contributed by atoms with Crippen LogP contribution in [0.15, 0.2) is 36.2 Å². The molecule has 0 saturated carbocycles. The van der Waals surface area contributed by atoms with Gasteiger partial charge in [0.05, 0.1) is 21.0 Å². The van der Waals surface area contributed by atoms with Gasteiger partial charge in [-0.2, -0.15) is 11.8 Å². The van der Waals surface area contributed by atoms with E-state index in [1.165, 1.54) is 11.3 Å². The highest BCUT2D eigenvalue weighted by Crippen LogP contribution is 2.33. The molecular formula is C17H16Cl2N2OS3. The number of thioether (sulfide) groups is 2. The van der Waals surface area contributed by atoms with Gasteiger partial charge in [-0.25, -0.2) is 4.98 Å². The monoisotopic (exact) mass is 430 g/mol. The standard InChI is InChI=1S/C17H16Cl2N2OS3/c1-2-5-21(16(22)15-10-23-6-7-24-15)17-20-14(9-25-17)11-3-4-12(18)13(19)8-11/h2-4,8-9,15H,1,5-7,10H2. The Labute approximate surface area is 169 Å². The molecule has 0 spiro atoms. The van der Waals surface area contributed by atoms with Crippen molar-refractivity contribution >= 4 is 69.1 Å². The third-order valence-corrected chi connectivity index (χ3v) is 7.95. The van der Waals surface area contributed by atoms with Gasteiger partial charge in [-0.3, -0.25) is 9.69 Å². The lowest BCUT2D eigenvalue weighted by atomic mass is 10.2. The number of thiazole rings is 1. The first-order valence-electron chi connectivity index (χ1n) is 7.62. The second kappa shape index (κ2) is 8.82. The van der Waals surface area contributed by atoms with E-state index in [0.717, 1.165) is 28.5 Å². The lowest BCUT2D eigenvalue weighted by Gasteiger charge is -2.26. The average molecular weight is 431 g/mol. The fraction of sp³-hybridized carbons (Fsp3) is 0.294. The second-order valence-corrected chi connectivity index (χ2v) is 9.43. The molecule has 3 nitrogen and oxygen atoms in total. The van der Waals surface area contributed by atoms with Gasteiger partial charge < -0.3 is 0 Å². The van der Waals surface area contributed by atoms with E-state index in [2.05, 4.69) is 11.6 Å². The molecule has 0 radical (unpaired) electrons. The first-order valence-corrected chi connectivity index (χ1v) is 11.5. The molecule has 1 amide bonds. The van der Waals surface area contributed by atoms with Gasteiger partial charge in [0, 0.05) is 34.7 Å². The fourth-order valence-electron chi connectivity index (χ4n) is 2.37. The second-order valence-electron chi connectivity index (χ2n) is 5.32. The summed E-state index contributed by atoms with van der Waals surface area (Å²) in [7, 11) is 0. The van der Waals surface area contributed by atoms with E-state index < -0.39 is 0 Å². The zero-order valence-electron chi connectivity index (χ0n) is 13.3. The molecule has 2 aromatic rings. The van der Waals surface area contributed by atoms with Crippen LogP contribution in [0.2, 0.25) is 10.0 Å². The average Bonchev–Trinajstić information content (AvgIpc) is 3.12. The van der Waals surface area contributed by atoms with Gasteiger partial charge in [0.25, 0.3) is 0 Å². The van der Waals surface area contributed by atoms with Crippen LogP contribution in [-0.4, -0.2) is 39.9 Å². The van der Waals surface area contributed by atoms with E-state index >= 15 is 0 Å². The first kappa shape index (κ1) is 19.1. The van der Waals surface area contributed by atoms with Crippen LogP contribution in [0.4, 0.5) is 5.13 Å². The lowest BCUT2D eigenvalue weighted by molar-refractivity contribution is -0.117. The van der Waals surface area contributed by atoms with Gasteiger partial charge in [-0.1, -0.05) is 35.3 Å². The molecule has 1 aliphatic rings. The molecule has 1 aromatic carbocycles. The first-order chi connectivity index (χ1) is 12.1. The van der Waals surface area contributed by atoms with Gasteiger partial charge in [0.15, 0.2) is 5.13 Å². The molecule has 1 saturated heterocycles. The fourth-order valence-corrected chi connectivity index (χ4v) is 6.13. The summed E-state index contributed by atoms with van der Waals surface area (Å²) < 4.78 is 0. The van der Waals surface area contributed by atoms with E-state index in [1.807, 2.05) is 23.2 Å². The molecular weight excluding hydrogens is 415 g/mol. The summed E-state index contributed by atoms with van der Waals surface area (Å²) in [6.45, 7) is 4.23. The summed E-state index contributed by atoms with van der Waals surface area (Å²) in [5.74, 6) is 3.07. The van der Waals surface area contributed by atoms with Gasteiger partial charge in [-0.05, 0) is 12.1 Å². The van der Waals surface area contributed by atoms with E-state index in [0.29, 0.717) is 21.7 Å². The molecule has 1 atom stereocenters. The number of hydrogen-bond donors (Lipinski definition) is 0. The van der Waals surface area contributed by atoms with Gasteiger partial charge in [0.1, 0.15) is 0 Å². The predicted octanol–water partition coefficient (Wildman–Crippen LogP) is 5.48. The zero-order chi connectivity index (χ0) is 17.8. The number of amides is 1. The molecule has 3 rings (SSSR count). The SMILES string of the molecule is C=CCN(C(=O)C1CSCCS1)c1nc(-c2ccc(Cl)c(Cl)c2)cs1. The Hall–Kier alpha value is -0.660. The Kier molecular flexibility index (Phi) is 6.74. The van der Waals surface area contributed by atoms with Crippen molar-refractivity contribution < 1.29 is 4.79 Å². The van der Waals surface area contributed by atoms with E-state index in [-0.39, 0.29) is 11.2 Å². The maximum Gasteiger partial charge on any atom is 0.243 e. The van der Waals surface area contributed by atoms with Crippen molar-refractivity contribution in [2.45, 2.75) is 5.25 Å². The summed E-state index contributed by atoms with van der Waals surface area (Å²) in [6.07, 6.45) is 1.73. The number of rotatable bonds is 5. The van der Waals surface area contributed by atoms with Gasteiger partial charge >= 0.3 is 0 Å². The number of halogens is 2. The molecule has 25 heavy (non-hydrogen) atoms. The predicted molar refractivity (Wildman–Crippen MR) is 114 cm³/mol. The van der Waals surface area contributed by atoms with Crippen LogP contribution >= 0.6 is 58.1 Å².